The minimum absolute atomic E-state index is 0.0470. The number of hydrogen-bond donors (Lipinski definition) is 0. The highest BCUT2D eigenvalue weighted by molar-refractivity contribution is 8.13. The highest BCUT2D eigenvalue weighted by Gasteiger charge is 2.42. The van der Waals surface area contributed by atoms with Gasteiger partial charge in [-0.15, -0.1) is 0 Å². The summed E-state index contributed by atoms with van der Waals surface area (Å²) >= 11 is 1.42. The molecule has 10 heteroatoms. The Morgan fingerprint density at radius 3 is 2.03 bits per heavy atom. The van der Waals surface area contributed by atoms with Gasteiger partial charge in [0, 0.05) is 0 Å². The predicted octanol–water partition coefficient (Wildman–Crippen LogP) is 6.81. The van der Waals surface area contributed by atoms with Crippen molar-refractivity contribution < 1.29 is 28.2 Å². The Kier molecular flexibility index (Phi) is 10.2. The van der Waals surface area contributed by atoms with E-state index in [9.17, 15) is 9.59 Å². The molecule has 1 aliphatic heterocycles. The molecule has 38 heavy (non-hydrogen) atoms. The molecule has 0 unspecified atom stereocenters. The lowest BCUT2D eigenvalue weighted by atomic mass is 10.1. The Morgan fingerprint density at radius 1 is 1.00 bits per heavy atom. The van der Waals surface area contributed by atoms with Crippen molar-refractivity contribution in [2.75, 3.05) is 19.4 Å². The standard InChI is InChI=1S/C28H46N2O6SSi/c1-26(2,3)34-23(31)22(36-38(11,12)28(7,8)9)18-33-20-15-13-19(14-16-20)21-17-30(24(29-21)37-10)25(32)35-27(4,5)6/h13-16,21-22H,17-18H2,1-12H3/t21-,22-/m1/s1. The molecule has 0 spiro atoms. The first-order chi connectivity index (χ1) is 17.2. The number of thioether (sulfide) groups is 1. The number of hydrogen-bond acceptors (Lipinski definition) is 8. The summed E-state index contributed by atoms with van der Waals surface area (Å²) in [7, 11) is -2.25. The lowest BCUT2D eigenvalue weighted by Gasteiger charge is -2.39. The van der Waals surface area contributed by atoms with E-state index >= 15 is 0 Å². The van der Waals surface area contributed by atoms with Crippen LogP contribution in [0.3, 0.4) is 0 Å². The number of carbonyl (C=O) groups is 2. The maximum atomic E-state index is 13.0. The van der Waals surface area contributed by atoms with E-state index in [1.54, 1.807) is 4.90 Å². The topological polar surface area (TPSA) is 86.7 Å². The van der Waals surface area contributed by atoms with Gasteiger partial charge in [-0.25, -0.2) is 9.59 Å². The molecule has 0 saturated heterocycles. The van der Waals surface area contributed by atoms with Crippen molar-refractivity contribution in [3.8, 4) is 5.75 Å². The van der Waals surface area contributed by atoms with Gasteiger partial charge in [0.05, 0.1) is 12.6 Å². The van der Waals surface area contributed by atoms with Crippen molar-refractivity contribution >= 4 is 37.3 Å². The van der Waals surface area contributed by atoms with Crippen LogP contribution >= 0.6 is 11.8 Å². The molecule has 0 fully saturated rings. The van der Waals surface area contributed by atoms with Gasteiger partial charge >= 0.3 is 12.1 Å². The van der Waals surface area contributed by atoms with Gasteiger partial charge in [0.2, 0.25) is 0 Å². The molecule has 1 amide bonds. The molecule has 2 atom stereocenters. The number of nitrogens with zero attached hydrogens (tertiary/aromatic N) is 2. The highest BCUT2D eigenvalue weighted by atomic mass is 32.2. The number of amides is 1. The minimum Gasteiger partial charge on any atom is -0.490 e. The highest BCUT2D eigenvalue weighted by Crippen LogP contribution is 2.38. The molecule has 0 saturated carbocycles. The fraction of sp³-hybridized carbons (Fsp3) is 0.679. The van der Waals surface area contributed by atoms with E-state index in [2.05, 4.69) is 33.9 Å². The first-order valence-electron chi connectivity index (χ1n) is 13.0. The van der Waals surface area contributed by atoms with Gasteiger partial charge in [0.25, 0.3) is 0 Å². The normalized spacial score (nSPS) is 17.6. The molecule has 0 radical (unpaired) electrons. The van der Waals surface area contributed by atoms with Gasteiger partial charge in [0.15, 0.2) is 19.6 Å². The second-order valence-electron chi connectivity index (χ2n) is 13.0. The van der Waals surface area contributed by atoms with Crippen molar-refractivity contribution in [3.63, 3.8) is 0 Å². The summed E-state index contributed by atoms with van der Waals surface area (Å²) in [6, 6.07) is 7.35. The van der Waals surface area contributed by atoms with Crippen LogP contribution in [0.5, 0.6) is 5.75 Å². The fourth-order valence-corrected chi connectivity index (χ4v) is 5.15. The second kappa shape index (κ2) is 12.0. The van der Waals surface area contributed by atoms with Gasteiger partial charge in [0.1, 0.15) is 23.6 Å². The van der Waals surface area contributed by atoms with E-state index in [1.165, 1.54) is 11.8 Å². The van der Waals surface area contributed by atoms with E-state index < -0.39 is 37.7 Å². The van der Waals surface area contributed by atoms with Crippen LogP contribution in [0.2, 0.25) is 18.1 Å². The summed E-state index contributed by atoms with van der Waals surface area (Å²) < 4.78 is 23.6. The van der Waals surface area contributed by atoms with Crippen LogP contribution in [0.15, 0.2) is 29.3 Å². The zero-order valence-corrected chi connectivity index (χ0v) is 26.9. The SMILES string of the molecule is CSC1=N[C@@H](c2ccc(OC[C@@H](O[Si](C)(C)C(C)(C)C)C(=O)OC(C)(C)C)cc2)CN1C(=O)OC(C)(C)C. The third kappa shape index (κ3) is 9.31. The first-order valence-corrected chi connectivity index (χ1v) is 17.1. The number of carbonyl (C=O) groups excluding carboxylic acids is 2. The molecule has 0 aromatic heterocycles. The van der Waals surface area contributed by atoms with Crippen molar-refractivity contribution in [2.45, 2.75) is 104 Å². The summed E-state index contributed by atoms with van der Waals surface area (Å²) in [5.74, 6) is 0.184. The molecular formula is C28H46N2O6SSi. The van der Waals surface area contributed by atoms with Gasteiger partial charge in [-0.05, 0) is 83.6 Å². The summed E-state index contributed by atoms with van der Waals surface area (Å²) in [6.07, 6.45) is 0.659. The van der Waals surface area contributed by atoms with Crippen LogP contribution in [-0.4, -0.2) is 67.2 Å². The van der Waals surface area contributed by atoms with Gasteiger partial charge < -0.3 is 18.6 Å². The first kappa shape index (κ1) is 32.2. The number of benzene rings is 1. The monoisotopic (exact) mass is 566 g/mol. The lowest BCUT2D eigenvalue weighted by molar-refractivity contribution is -0.165. The average molecular weight is 567 g/mol. The van der Waals surface area contributed by atoms with Crippen LogP contribution in [0.25, 0.3) is 0 Å². The number of amidine groups is 1. The Hall–Kier alpha value is -2.04. The molecule has 8 nitrogen and oxygen atoms in total. The lowest BCUT2D eigenvalue weighted by Crippen LogP contribution is -2.49. The van der Waals surface area contributed by atoms with Crippen molar-refractivity contribution in [3.05, 3.63) is 29.8 Å². The van der Waals surface area contributed by atoms with Crippen LogP contribution in [-0.2, 0) is 18.7 Å². The summed E-state index contributed by atoms with van der Waals surface area (Å²) in [5.41, 5.74) is -0.252. The Balaban J connectivity index is 2.12. The van der Waals surface area contributed by atoms with E-state index in [4.69, 9.17) is 23.6 Å². The third-order valence-corrected chi connectivity index (χ3v) is 11.4. The molecule has 214 valence electrons. The molecule has 1 heterocycles. The zero-order chi connectivity index (χ0) is 29.1. The number of rotatable bonds is 7. The van der Waals surface area contributed by atoms with E-state index in [-0.39, 0.29) is 17.7 Å². The predicted molar refractivity (Wildman–Crippen MR) is 156 cm³/mol. The van der Waals surface area contributed by atoms with Crippen LogP contribution in [0.1, 0.15) is 73.9 Å². The quantitative estimate of drug-likeness (QED) is 0.265. The van der Waals surface area contributed by atoms with E-state index in [1.807, 2.05) is 72.1 Å². The Labute approximate surface area is 234 Å². The summed E-state index contributed by atoms with van der Waals surface area (Å²) in [4.78, 5) is 31.9. The van der Waals surface area contributed by atoms with Crippen LogP contribution < -0.4 is 4.74 Å². The van der Waals surface area contributed by atoms with Crippen LogP contribution in [0.4, 0.5) is 4.79 Å². The van der Waals surface area contributed by atoms with Crippen molar-refractivity contribution in [2.24, 2.45) is 4.99 Å². The number of aliphatic imine (C=N–C) groups is 1. The maximum absolute atomic E-state index is 13.0. The molecule has 1 aliphatic rings. The molecule has 0 bridgehead atoms. The number of esters is 1. The third-order valence-electron chi connectivity index (χ3n) is 6.23. The maximum Gasteiger partial charge on any atom is 0.416 e. The zero-order valence-electron chi connectivity index (χ0n) is 25.1. The van der Waals surface area contributed by atoms with E-state index in [0.717, 1.165) is 5.56 Å². The Morgan fingerprint density at radius 2 is 1.55 bits per heavy atom. The van der Waals surface area contributed by atoms with Gasteiger partial charge in [-0.3, -0.25) is 9.89 Å². The van der Waals surface area contributed by atoms with Crippen molar-refractivity contribution in [1.29, 1.82) is 0 Å². The molecule has 1 aromatic rings. The van der Waals surface area contributed by atoms with E-state index in [0.29, 0.717) is 17.5 Å². The number of ether oxygens (including phenoxy) is 3. The Bertz CT molecular complexity index is 1010. The minimum atomic E-state index is -2.25. The smallest absolute Gasteiger partial charge is 0.416 e. The molecular weight excluding hydrogens is 520 g/mol. The summed E-state index contributed by atoms with van der Waals surface area (Å²) in [5, 5.41) is 0.562. The van der Waals surface area contributed by atoms with Crippen LogP contribution in [0, 0.1) is 0 Å². The second-order valence-corrected chi connectivity index (χ2v) is 18.5. The molecule has 2 rings (SSSR count). The molecule has 0 aliphatic carbocycles. The average Bonchev–Trinajstić information content (AvgIpc) is 3.18. The fourth-order valence-electron chi connectivity index (χ4n) is 3.32. The van der Waals surface area contributed by atoms with Gasteiger partial charge in [-0.1, -0.05) is 44.7 Å². The van der Waals surface area contributed by atoms with Gasteiger partial charge in [-0.2, -0.15) is 0 Å². The summed E-state index contributed by atoms with van der Waals surface area (Å²) in [6.45, 7) is 22.1. The molecule has 0 N–H and O–H groups in total. The van der Waals surface area contributed by atoms with Crippen molar-refractivity contribution in [1.82, 2.24) is 4.90 Å². The largest absolute Gasteiger partial charge is 0.490 e. The molecule has 1 aromatic carbocycles.